The lowest BCUT2D eigenvalue weighted by Gasteiger charge is -2.17. The van der Waals surface area contributed by atoms with Crippen LogP contribution in [0.5, 0.6) is 0 Å². The Hall–Kier alpha value is -2.05. The Morgan fingerprint density at radius 3 is 2.95 bits per heavy atom. The quantitative estimate of drug-likeness (QED) is 0.732. The van der Waals surface area contributed by atoms with Gasteiger partial charge in [-0.25, -0.2) is 4.79 Å². The van der Waals surface area contributed by atoms with Gasteiger partial charge in [0.1, 0.15) is 0 Å². The molecule has 1 aliphatic carbocycles. The Morgan fingerprint density at radius 2 is 2.30 bits per heavy atom. The second kappa shape index (κ2) is 6.40. The fourth-order valence-electron chi connectivity index (χ4n) is 2.60. The number of nitrogens with one attached hydrogen (secondary N) is 2. The van der Waals surface area contributed by atoms with Crippen LogP contribution in [0.3, 0.4) is 0 Å². The van der Waals surface area contributed by atoms with Crippen LogP contribution in [0.15, 0.2) is 12.3 Å². The van der Waals surface area contributed by atoms with Crippen LogP contribution in [0, 0.1) is 5.92 Å². The minimum Gasteiger partial charge on any atom is -0.481 e. The van der Waals surface area contributed by atoms with Gasteiger partial charge < -0.3 is 15.7 Å². The largest absolute Gasteiger partial charge is 0.481 e. The molecule has 2 rings (SSSR count). The summed E-state index contributed by atoms with van der Waals surface area (Å²) < 4.78 is 1.76. The maximum absolute atomic E-state index is 11.7. The molecule has 0 aliphatic heterocycles. The summed E-state index contributed by atoms with van der Waals surface area (Å²) in [6.07, 6.45) is 4.61. The number of aliphatic carboxylic acids is 1. The molecule has 2 unspecified atom stereocenters. The first kappa shape index (κ1) is 14.4. The van der Waals surface area contributed by atoms with Gasteiger partial charge in [-0.15, -0.1) is 0 Å². The second-order valence-corrected chi connectivity index (χ2v) is 5.08. The summed E-state index contributed by atoms with van der Waals surface area (Å²) in [6.45, 7) is 0.496. The van der Waals surface area contributed by atoms with Gasteiger partial charge in [-0.05, 0) is 18.9 Å². The number of urea groups is 1. The first-order chi connectivity index (χ1) is 9.58. The van der Waals surface area contributed by atoms with Crippen LogP contribution in [0.2, 0.25) is 0 Å². The molecule has 1 saturated carbocycles. The van der Waals surface area contributed by atoms with Crippen LogP contribution in [-0.4, -0.2) is 39.5 Å². The zero-order valence-electron chi connectivity index (χ0n) is 11.5. The summed E-state index contributed by atoms with van der Waals surface area (Å²) in [5.41, 5.74) is 1.04. The standard InChI is InChI=1S/C13H20N4O3/c1-17-9(6-8-15-17)5-7-14-13(20)16-11-4-2-3-10(11)12(18)19/h6,8,10-11H,2-5,7H2,1H3,(H,18,19)(H2,14,16,20). The monoisotopic (exact) mass is 280 g/mol. The van der Waals surface area contributed by atoms with Gasteiger partial charge >= 0.3 is 12.0 Å². The second-order valence-electron chi connectivity index (χ2n) is 5.08. The third-order valence-electron chi connectivity index (χ3n) is 3.74. The summed E-state index contributed by atoms with van der Waals surface area (Å²) >= 11 is 0. The topological polar surface area (TPSA) is 96.3 Å². The third kappa shape index (κ3) is 3.49. The van der Waals surface area contributed by atoms with E-state index in [4.69, 9.17) is 5.11 Å². The number of carbonyl (C=O) groups is 2. The van der Waals surface area contributed by atoms with E-state index in [1.54, 1.807) is 10.9 Å². The van der Waals surface area contributed by atoms with Gasteiger partial charge in [-0.1, -0.05) is 6.42 Å². The van der Waals surface area contributed by atoms with Crippen LogP contribution in [0.1, 0.15) is 25.0 Å². The minimum absolute atomic E-state index is 0.260. The Morgan fingerprint density at radius 1 is 1.50 bits per heavy atom. The molecule has 1 aromatic heterocycles. The Bertz CT molecular complexity index is 486. The van der Waals surface area contributed by atoms with Crippen LogP contribution < -0.4 is 10.6 Å². The van der Waals surface area contributed by atoms with Gasteiger partial charge in [0.05, 0.1) is 5.92 Å². The van der Waals surface area contributed by atoms with E-state index in [1.807, 2.05) is 13.1 Å². The highest BCUT2D eigenvalue weighted by Gasteiger charge is 2.33. The van der Waals surface area contributed by atoms with Crippen molar-refractivity contribution < 1.29 is 14.7 Å². The van der Waals surface area contributed by atoms with Crippen LogP contribution in [0.4, 0.5) is 4.79 Å². The van der Waals surface area contributed by atoms with Crippen LogP contribution >= 0.6 is 0 Å². The van der Waals surface area contributed by atoms with Crippen molar-refractivity contribution in [1.82, 2.24) is 20.4 Å². The number of carboxylic acids is 1. The third-order valence-corrected chi connectivity index (χ3v) is 3.74. The van der Waals surface area contributed by atoms with Crippen molar-refractivity contribution in [3.05, 3.63) is 18.0 Å². The van der Waals surface area contributed by atoms with Gasteiger partial charge in [-0.2, -0.15) is 5.10 Å². The molecule has 0 aromatic carbocycles. The van der Waals surface area contributed by atoms with E-state index in [-0.39, 0.29) is 12.1 Å². The predicted molar refractivity (Wildman–Crippen MR) is 72.2 cm³/mol. The summed E-state index contributed by atoms with van der Waals surface area (Å²) in [7, 11) is 1.85. The van der Waals surface area contributed by atoms with E-state index in [0.717, 1.165) is 18.5 Å². The highest BCUT2D eigenvalue weighted by Crippen LogP contribution is 2.25. The number of carboxylic acid groups (broad SMARTS) is 1. The number of hydrogen-bond acceptors (Lipinski definition) is 3. The Kier molecular flexibility index (Phi) is 4.60. The molecule has 2 amide bonds. The molecule has 0 saturated heterocycles. The van der Waals surface area contributed by atoms with E-state index < -0.39 is 11.9 Å². The molecule has 1 fully saturated rings. The summed E-state index contributed by atoms with van der Waals surface area (Å²) in [6, 6.07) is 1.34. The molecule has 1 heterocycles. The van der Waals surface area contributed by atoms with E-state index in [9.17, 15) is 9.59 Å². The van der Waals surface area contributed by atoms with Crippen LogP contribution in [-0.2, 0) is 18.3 Å². The maximum atomic E-state index is 11.7. The van der Waals surface area contributed by atoms with Gasteiger partial charge in [0.25, 0.3) is 0 Å². The number of aryl methyl sites for hydroxylation is 1. The number of rotatable bonds is 5. The van der Waals surface area contributed by atoms with Gasteiger partial charge in [0, 0.05) is 37.9 Å². The van der Waals surface area contributed by atoms with E-state index >= 15 is 0 Å². The Balaban J connectivity index is 1.73. The average Bonchev–Trinajstić information content (AvgIpc) is 2.99. The highest BCUT2D eigenvalue weighted by molar-refractivity contribution is 5.77. The number of carbonyl (C=O) groups excluding carboxylic acids is 1. The zero-order valence-corrected chi connectivity index (χ0v) is 11.5. The molecular weight excluding hydrogens is 260 g/mol. The number of nitrogens with zero attached hydrogens (tertiary/aromatic N) is 2. The van der Waals surface area contributed by atoms with Crippen LogP contribution in [0.25, 0.3) is 0 Å². The smallest absolute Gasteiger partial charge is 0.315 e. The summed E-state index contributed by atoms with van der Waals surface area (Å²) in [5.74, 6) is -1.29. The number of hydrogen-bond donors (Lipinski definition) is 3. The first-order valence-corrected chi connectivity index (χ1v) is 6.82. The number of amides is 2. The maximum Gasteiger partial charge on any atom is 0.315 e. The average molecular weight is 280 g/mol. The molecule has 2 atom stereocenters. The SMILES string of the molecule is Cn1nccc1CCNC(=O)NC1CCCC1C(=O)O. The molecule has 7 heteroatoms. The molecule has 110 valence electrons. The van der Waals surface area contributed by atoms with E-state index in [1.165, 1.54) is 0 Å². The fraction of sp³-hybridized carbons (Fsp3) is 0.615. The lowest BCUT2D eigenvalue weighted by Crippen LogP contribution is -2.45. The predicted octanol–water partition coefficient (Wildman–Crippen LogP) is 0.515. The first-order valence-electron chi connectivity index (χ1n) is 6.82. The van der Waals surface area contributed by atoms with Crippen molar-refractivity contribution in [2.75, 3.05) is 6.54 Å². The minimum atomic E-state index is -0.831. The molecule has 0 radical (unpaired) electrons. The van der Waals surface area contributed by atoms with Crippen molar-refractivity contribution in [2.45, 2.75) is 31.7 Å². The molecule has 7 nitrogen and oxygen atoms in total. The van der Waals surface area contributed by atoms with Crippen molar-refractivity contribution in [3.63, 3.8) is 0 Å². The van der Waals surface area contributed by atoms with E-state index in [2.05, 4.69) is 15.7 Å². The van der Waals surface area contributed by atoms with E-state index in [0.29, 0.717) is 19.4 Å². The number of aromatic nitrogens is 2. The molecule has 0 spiro atoms. The molecule has 20 heavy (non-hydrogen) atoms. The molecule has 3 N–H and O–H groups in total. The lowest BCUT2D eigenvalue weighted by atomic mass is 10.0. The van der Waals surface area contributed by atoms with Gasteiger partial charge in [0.2, 0.25) is 0 Å². The van der Waals surface area contributed by atoms with Crippen molar-refractivity contribution in [1.29, 1.82) is 0 Å². The zero-order chi connectivity index (χ0) is 14.5. The molecule has 1 aromatic rings. The summed E-state index contributed by atoms with van der Waals surface area (Å²) in [4.78, 5) is 22.8. The van der Waals surface area contributed by atoms with Crippen molar-refractivity contribution in [2.24, 2.45) is 13.0 Å². The highest BCUT2D eigenvalue weighted by atomic mass is 16.4. The lowest BCUT2D eigenvalue weighted by molar-refractivity contribution is -0.142. The van der Waals surface area contributed by atoms with Crippen molar-refractivity contribution >= 4 is 12.0 Å². The normalized spacial score (nSPS) is 21.6. The van der Waals surface area contributed by atoms with Crippen molar-refractivity contribution in [3.8, 4) is 0 Å². The van der Waals surface area contributed by atoms with Gasteiger partial charge in [0.15, 0.2) is 0 Å². The molecule has 1 aliphatic rings. The fourth-order valence-corrected chi connectivity index (χ4v) is 2.60. The summed E-state index contributed by atoms with van der Waals surface area (Å²) in [5, 5.41) is 18.6. The molecular formula is C13H20N4O3. The Labute approximate surface area is 117 Å². The molecule has 0 bridgehead atoms. The van der Waals surface area contributed by atoms with Gasteiger partial charge in [-0.3, -0.25) is 9.48 Å².